The average Bonchev–Trinajstić information content (AvgIpc) is 2.54. The minimum Gasteiger partial charge on any atom is -0.370 e. The number of nitrogens with one attached hydrogen (secondary N) is 2. The first-order valence-corrected chi connectivity index (χ1v) is 5.10. The first-order chi connectivity index (χ1) is 6.58. The van der Waals surface area contributed by atoms with Crippen LogP contribution in [-0.4, -0.2) is 23.2 Å². The van der Waals surface area contributed by atoms with E-state index in [4.69, 9.17) is 4.74 Å². The van der Waals surface area contributed by atoms with E-state index in [-0.39, 0.29) is 11.6 Å². The zero-order valence-corrected chi connectivity index (χ0v) is 9.00. The summed E-state index contributed by atoms with van der Waals surface area (Å²) in [5.74, 6) is 0. The van der Waals surface area contributed by atoms with E-state index in [0.717, 1.165) is 6.61 Å². The molecule has 2 atom stereocenters. The highest BCUT2D eigenvalue weighted by Gasteiger charge is 2.33. The minimum absolute atomic E-state index is 0.0895. The van der Waals surface area contributed by atoms with Crippen LogP contribution in [-0.2, 0) is 4.74 Å². The highest BCUT2D eigenvalue weighted by atomic mass is 16.5. The topological polar surface area (TPSA) is 37.0 Å². The summed E-state index contributed by atoms with van der Waals surface area (Å²) in [7, 11) is 0. The molecule has 0 spiro atoms. The molecule has 0 aromatic carbocycles. The van der Waals surface area contributed by atoms with Crippen molar-refractivity contribution in [3.63, 3.8) is 0 Å². The number of aromatic nitrogens is 1. The molecule has 78 valence electrons. The van der Waals surface area contributed by atoms with E-state index >= 15 is 0 Å². The Morgan fingerprint density at radius 3 is 2.86 bits per heavy atom. The van der Waals surface area contributed by atoms with E-state index in [2.05, 4.69) is 37.1 Å². The van der Waals surface area contributed by atoms with Crippen LogP contribution in [0.1, 0.15) is 32.4 Å². The van der Waals surface area contributed by atoms with Gasteiger partial charge in [-0.1, -0.05) is 0 Å². The maximum atomic E-state index is 5.87. The van der Waals surface area contributed by atoms with Gasteiger partial charge in [0.1, 0.15) is 0 Å². The number of aromatic amines is 1. The second-order valence-electron chi connectivity index (χ2n) is 4.69. The predicted molar refractivity (Wildman–Crippen MR) is 56.2 cm³/mol. The summed E-state index contributed by atoms with van der Waals surface area (Å²) in [6.07, 6.45) is 4.11. The lowest BCUT2D eigenvalue weighted by atomic mass is 9.97. The minimum atomic E-state index is 0.0895. The van der Waals surface area contributed by atoms with Crippen LogP contribution in [0, 0.1) is 0 Å². The largest absolute Gasteiger partial charge is 0.370 e. The molecule has 0 saturated carbocycles. The van der Waals surface area contributed by atoms with Gasteiger partial charge in [0.15, 0.2) is 0 Å². The number of hydrogen-bond donors (Lipinski definition) is 2. The van der Waals surface area contributed by atoms with Gasteiger partial charge in [0.25, 0.3) is 0 Å². The molecular formula is C11H18N2O. The van der Waals surface area contributed by atoms with Crippen LogP contribution in [0.3, 0.4) is 0 Å². The SMILES string of the molecule is CC1NC(C)(C)COC1c1cc[nH]c1. The standard InChI is InChI=1S/C11H18N2O/c1-8-10(9-4-5-12-6-9)14-7-11(2,3)13-8/h4-6,8,10,12-13H,7H2,1-3H3. The van der Waals surface area contributed by atoms with Gasteiger partial charge in [-0.2, -0.15) is 0 Å². The molecule has 3 nitrogen and oxygen atoms in total. The molecule has 2 unspecified atom stereocenters. The third kappa shape index (κ3) is 1.83. The molecule has 0 aliphatic carbocycles. The van der Waals surface area contributed by atoms with E-state index in [1.807, 2.05) is 12.4 Å². The Kier molecular flexibility index (Phi) is 2.37. The highest BCUT2D eigenvalue weighted by molar-refractivity contribution is 5.15. The zero-order chi connectivity index (χ0) is 10.2. The molecule has 2 N–H and O–H groups in total. The highest BCUT2D eigenvalue weighted by Crippen LogP contribution is 2.27. The third-order valence-corrected chi connectivity index (χ3v) is 2.65. The Labute approximate surface area is 84.9 Å². The van der Waals surface area contributed by atoms with Crippen molar-refractivity contribution in [3.8, 4) is 0 Å². The molecule has 0 bridgehead atoms. The zero-order valence-electron chi connectivity index (χ0n) is 9.00. The molecule has 0 amide bonds. The van der Waals surface area contributed by atoms with Crippen molar-refractivity contribution in [1.29, 1.82) is 0 Å². The fourth-order valence-electron chi connectivity index (χ4n) is 2.07. The summed E-state index contributed by atoms with van der Waals surface area (Å²) in [5, 5.41) is 3.56. The average molecular weight is 194 g/mol. The molecule has 1 fully saturated rings. The number of rotatable bonds is 1. The lowest BCUT2D eigenvalue weighted by Gasteiger charge is -2.40. The number of H-pyrrole nitrogens is 1. The van der Waals surface area contributed by atoms with Crippen LogP contribution in [0.4, 0.5) is 0 Å². The van der Waals surface area contributed by atoms with Crippen LogP contribution in [0.5, 0.6) is 0 Å². The first-order valence-electron chi connectivity index (χ1n) is 5.10. The van der Waals surface area contributed by atoms with E-state index in [0.29, 0.717) is 6.04 Å². The third-order valence-electron chi connectivity index (χ3n) is 2.65. The van der Waals surface area contributed by atoms with Gasteiger partial charge in [-0.3, -0.25) is 0 Å². The number of morpholine rings is 1. The van der Waals surface area contributed by atoms with Crippen molar-refractivity contribution >= 4 is 0 Å². The first kappa shape index (κ1) is 9.74. The summed E-state index contributed by atoms with van der Waals surface area (Å²) < 4.78 is 5.87. The van der Waals surface area contributed by atoms with Gasteiger partial charge < -0.3 is 15.0 Å². The van der Waals surface area contributed by atoms with Gasteiger partial charge in [0.2, 0.25) is 0 Å². The lowest BCUT2D eigenvalue weighted by molar-refractivity contribution is -0.0495. The quantitative estimate of drug-likeness (QED) is 0.715. The number of hydrogen-bond acceptors (Lipinski definition) is 2. The smallest absolute Gasteiger partial charge is 0.0990 e. The fourth-order valence-corrected chi connectivity index (χ4v) is 2.07. The molecule has 14 heavy (non-hydrogen) atoms. The molecule has 3 heteroatoms. The molecule has 1 saturated heterocycles. The Balaban J connectivity index is 2.10. The van der Waals surface area contributed by atoms with Crippen molar-refractivity contribution in [2.75, 3.05) is 6.61 Å². The summed E-state index contributed by atoms with van der Waals surface area (Å²) in [6.45, 7) is 7.25. The maximum absolute atomic E-state index is 5.87. The molecular weight excluding hydrogens is 176 g/mol. The van der Waals surface area contributed by atoms with Crippen molar-refractivity contribution in [2.45, 2.75) is 38.5 Å². The van der Waals surface area contributed by atoms with Crippen LogP contribution >= 0.6 is 0 Å². The summed E-state index contributed by atoms with van der Waals surface area (Å²) >= 11 is 0. The van der Waals surface area contributed by atoms with Crippen molar-refractivity contribution in [3.05, 3.63) is 24.0 Å². The van der Waals surface area contributed by atoms with Crippen LogP contribution in [0.15, 0.2) is 18.5 Å². The second-order valence-corrected chi connectivity index (χ2v) is 4.69. The lowest BCUT2D eigenvalue weighted by Crippen LogP contribution is -2.55. The van der Waals surface area contributed by atoms with Gasteiger partial charge in [-0.25, -0.2) is 0 Å². The Hall–Kier alpha value is -0.800. The Bertz CT molecular complexity index is 292. The van der Waals surface area contributed by atoms with Crippen molar-refractivity contribution in [1.82, 2.24) is 10.3 Å². The molecule has 1 aliphatic heterocycles. The fraction of sp³-hybridized carbons (Fsp3) is 0.636. The molecule has 1 aliphatic rings. The van der Waals surface area contributed by atoms with Gasteiger partial charge in [-0.15, -0.1) is 0 Å². The Morgan fingerprint density at radius 1 is 1.50 bits per heavy atom. The molecule has 2 rings (SSSR count). The Morgan fingerprint density at radius 2 is 2.29 bits per heavy atom. The maximum Gasteiger partial charge on any atom is 0.0990 e. The van der Waals surface area contributed by atoms with E-state index < -0.39 is 0 Å². The second kappa shape index (κ2) is 3.41. The van der Waals surface area contributed by atoms with Crippen LogP contribution < -0.4 is 5.32 Å². The van der Waals surface area contributed by atoms with Crippen LogP contribution in [0.25, 0.3) is 0 Å². The normalized spacial score (nSPS) is 31.6. The molecule has 1 aromatic heterocycles. The van der Waals surface area contributed by atoms with Crippen molar-refractivity contribution in [2.24, 2.45) is 0 Å². The van der Waals surface area contributed by atoms with Gasteiger partial charge in [0.05, 0.1) is 12.7 Å². The molecule has 2 heterocycles. The van der Waals surface area contributed by atoms with Gasteiger partial charge in [-0.05, 0) is 32.4 Å². The van der Waals surface area contributed by atoms with E-state index in [1.54, 1.807) is 0 Å². The molecule has 1 aromatic rings. The number of ether oxygens (including phenoxy) is 1. The van der Waals surface area contributed by atoms with Gasteiger partial charge >= 0.3 is 0 Å². The molecule has 0 radical (unpaired) electrons. The van der Waals surface area contributed by atoms with E-state index in [9.17, 15) is 0 Å². The summed E-state index contributed by atoms with van der Waals surface area (Å²) in [6, 6.07) is 2.43. The van der Waals surface area contributed by atoms with Crippen molar-refractivity contribution < 1.29 is 4.74 Å². The van der Waals surface area contributed by atoms with E-state index in [1.165, 1.54) is 5.56 Å². The summed E-state index contributed by atoms with van der Waals surface area (Å²) in [5.41, 5.74) is 1.31. The summed E-state index contributed by atoms with van der Waals surface area (Å²) in [4.78, 5) is 3.06. The van der Waals surface area contributed by atoms with Gasteiger partial charge in [0, 0.05) is 24.0 Å². The van der Waals surface area contributed by atoms with Crippen LogP contribution in [0.2, 0.25) is 0 Å². The predicted octanol–water partition coefficient (Wildman–Crippen LogP) is 1.84. The monoisotopic (exact) mass is 194 g/mol.